The lowest BCUT2D eigenvalue weighted by molar-refractivity contribution is -0.128. The van der Waals surface area contributed by atoms with E-state index in [1.54, 1.807) is 11.0 Å². The number of hydrogen-bond donors (Lipinski definition) is 1. The first kappa shape index (κ1) is 17.0. The van der Waals surface area contributed by atoms with E-state index in [-0.39, 0.29) is 24.2 Å². The summed E-state index contributed by atoms with van der Waals surface area (Å²) in [5.41, 5.74) is 1.60. The monoisotopic (exact) mass is 406 g/mol. The Bertz CT molecular complexity index is 781. The van der Waals surface area contributed by atoms with Crippen LogP contribution in [0.15, 0.2) is 53.0 Å². The fraction of sp³-hybridized carbons (Fsp3) is 0.222. The molecule has 1 fully saturated rings. The molecule has 124 valence electrons. The minimum absolute atomic E-state index is 0.0238. The van der Waals surface area contributed by atoms with Gasteiger partial charge in [0.05, 0.1) is 5.92 Å². The average Bonchev–Trinajstić information content (AvgIpc) is 2.91. The van der Waals surface area contributed by atoms with Crippen LogP contribution < -0.4 is 5.32 Å². The Hall–Kier alpha value is -1.85. The highest BCUT2D eigenvalue weighted by Gasteiger charge is 2.34. The molecule has 2 amide bonds. The first-order valence-electron chi connectivity index (χ1n) is 7.60. The molecule has 0 bridgehead atoms. The largest absolute Gasteiger partial charge is 0.337 e. The van der Waals surface area contributed by atoms with E-state index < -0.39 is 0 Å². The van der Waals surface area contributed by atoms with Gasteiger partial charge in [0.2, 0.25) is 11.8 Å². The highest BCUT2D eigenvalue weighted by atomic mass is 79.9. The fourth-order valence-corrected chi connectivity index (χ4v) is 3.34. The first-order valence-corrected chi connectivity index (χ1v) is 8.77. The van der Waals surface area contributed by atoms with Crippen LogP contribution in [0.4, 0.5) is 5.69 Å². The van der Waals surface area contributed by atoms with Crippen molar-refractivity contribution in [3.8, 4) is 0 Å². The second-order valence-corrected chi connectivity index (χ2v) is 7.09. The van der Waals surface area contributed by atoms with E-state index in [9.17, 15) is 9.59 Å². The highest BCUT2D eigenvalue weighted by molar-refractivity contribution is 9.10. The number of benzene rings is 2. The van der Waals surface area contributed by atoms with Gasteiger partial charge in [-0.1, -0.05) is 51.8 Å². The van der Waals surface area contributed by atoms with Crippen molar-refractivity contribution in [2.24, 2.45) is 5.92 Å². The minimum atomic E-state index is -0.348. The maximum absolute atomic E-state index is 12.4. The molecule has 0 radical (unpaired) electrons. The summed E-state index contributed by atoms with van der Waals surface area (Å²) in [5, 5.41) is 3.50. The number of carbonyl (C=O) groups is 2. The van der Waals surface area contributed by atoms with E-state index in [1.807, 2.05) is 42.5 Å². The lowest BCUT2D eigenvalue weighted by atomic mass is 10.1. The maximum Gasteiger partial charge on any atom is 0.229 e. The molecule has 3 rings (SSSR count). The lowest BCUT2D eigenvalue weighted by Crippen LogP contribution is -2.28. The summed E-state index contributed by atoms with van der Waals surface area (Å²) >= 11 is 9.52. The normalized spacial score (nSPS) is 17.2. The second kappa shape index (κ2) is 7.36. The molecular weight excluding hydrogens is 392 g/mol. The Kier molecular flexibility index (Phi) is 5.21. The van der Waals surface area contributed by atoms with E-state index >= 15 is 0 Å². The molecule has 0 spiro atoms. The molecule has 1 atom stereocenters. The summed E-state index contributed by atoms with van der Waals surface area (Å²) in [6, 6.07) is 14.8. The van der Waals surface area contributed by atoms with Crippen molar-refractivity contribution >= 4 is 45.0 Å². The van der Waals surface area contributed by atoms with E-state index in [0.717, 1.165) is 10.0 Å². The molecule has 1 aliphatic heterocycles. The van der Waals surface area contributed by atoms with Crippen LogP contribution in [-0.4, -0.2) is 23.3 Å². The molecular formula is C18H16BrClN2O2. The van der Waals surface area contributed by atoms with Crippen molar-refractivity contribution in [3.63, 3.8) is 0 Å². The smallest absolute Gasteiger partial charge is 0.229 e. The molecule has 1 saturated heterocycles. The number of carbonyl (C=O) groups excluding carboxylic acids is 2. The standard InChI is InChI=1S/C18H16BrClN2O2/c19-14-5-3-6-15(9-14)21-18(24)13-8-17(23)22(11-13)10-12-4-1-2-7-16(12)20/h1-7,9,13H,8,10-11H2,(H,21,24)/t13-/m1/s1. The van der Waals surface area contributed by atoms with Crippen LogP contribution in [0.3, 0.4) is 0 Å². The van der Waals surface area contributed by atoms with E-state index in [0.29, 0.717) is 23.8 Å². The van der Waals surface area contributed by atoms with Crippen molar-refractivity contribution in [2.45, 2.75) is 13.0 Å². The molecule has 0 unspecified atom stereocenters. The van der Waals surface area contributed by atoms with Gasteiger partial charge >= 0.3 is 0 Å². The number of nitrogens with zero attached hydrogens (tertiary/aromatic N) is 1. The number of likely N-dealkylation sites (tertiary alicyclic amines) is 1. The van der Waals surface area contributed by atoms with Gasteiger partial charge in [0.15, 0.2) is 0 Å². The third-order valence-corrected chi connectivity index (χ3v) is 4.86. The SMILES string of the molecule is O=C(Nc1cccc(Br)c1)[C@@H]1CC(=O)N(Cc2ccccc2Cl)C1. The van der Waals surface area contributed by atoms with Gasteiger partial charge in [-0.2, -0.15) is 0 Å². The first-order chi connectivity index (χ1) is 11.5. The summed E-state index contributed by atoms with van der Waals surface area (Å²) in [4.78, 5) is 26.3. The molecule has 0 aliphatic carbocycles. The molecule has 1 heterocycles. The predicted molar refractivity (Wildman–Crippen MR) is 97.7 cm³/mol. The summed E-state index contributed by atoms with van der Waals surface area (Å²) < 4.78 is 0.892. The summed E-state index contributed by atoms with van der Waals surface area (Å²) in [6.07, 6.45) is 0.226. The molecule has 0 saturated carbocycles. The number of nitrogens with one attached hydrogen (secondary N) is 1. The van der Waals surface area contributed by atoms with Crippen LogP contribution in [0, 0.1) is 5.92 Å². The Morgan fingerprint density at radius 3 is 2.79 bits per heavy atom. The van der Waals surface area contributed by atoms with Gasteiger partial charge in [0.25, 0.3) is 0 Å². The Morgan fingerprint density at radius 1 is 1.25 bits per heavy atom. The fourth-order valence-electron chi connectivity index (χ4n) is 2.74. The van der Waals surface area contributed by atoms with Crippen molar-refractivity contribution < 1.29 is 9.59 Å². The van der Waals surface area contributed by atoms with Gasteiger partial charge < -0.3 is 10.2 Å². The molecule has 2 aromatic carbocycles. The average molecular weight is 408 g/mol. The number of halogens is 2. The van der Waals surface area contributed by atoms with Gasteiger partial charge in [0, 0.05) is 34.7 Å². The summed E-state index contributed by atoms with van der Waals surface area (Å²) in [6.45, 7) is 0.836. The Morgan fingerprint density at radius 2 is 2.04 bits per heavy atom. The number of amides is 2. The maximum atomic E-state index is 12.4. The zero-order chi connectivity index (χ0) is 17.1. The molecule has 1 N–H and O–H groups in total. The lowest BCUT2D eigenvalue weighted by Gasteiger charge is -2.17. The molecule has 2 aromatic rings. The van der Waals surface area contributed by atoms with E-state index in [2.05, 4.69) is 21.2 Å². The zero-order valence-electron chi connectivity index (χ0n) is 12.8. The number of rotatable bonds is 4. The van der Waals surface area contributed by atoms with Gasteiger partial charge in [-0.25, -0.2) is 0 Å². The van der Waals surface area contributed by atoms with Gasteiger partial charge in [-0.15, -0.1) is 0 Å². The third kappa shape index (κ3) is 3.97. The quantitative estimate of drug-likeness (QED) is 0.830. The van der Waals surface area contributed by atoms with Crippen LogP contribution in [0.1, 0.15) is 12.0 Å². The van der Waals surface area contributed by atoms with E-state index in [4.69, 9.17) is 11.6 Å². The van der Waals surface area contributed by atoms with E-state index in [1.165, 1.54) is 0 Å². The van der Waals surface area contributed by atoms with Gasteiger partial charge in [-0.3, -0.25) is 9.59 Å². The van der Waals surface area contributed by atoms with Gasteiger partial charge in [-0.05, 0) is 29.8 Å². The molecule has 6 heteroatoms. The van der Waals surface area contributed by atoms with Crippen molar-refractivity contribution in [2.75, 3.05) is 11.9 Å². The Labute approximate surface area is 153 Å². The van der Waals surface area contributed by atoms with Crippen molar-refractivity contribution in [1.29, 1.82) is 0 Å². The predicted octanol–water partition coefficient (Wildman–Crippen LogP) is 4.09. The van der Waals surface area contributed by atoms with Crippen LogP contribution >= 0.6 is 27.5 Å². The van der Waals surface area contributed by atoms with Crippen LogP contribution in [0.5, 0.6) is 0 Å². The van der Waals surface area contributed by atoms with Crippen molar-refractivity contribution in [3.05, 3.63) is 63.6 Å². The van der Waals surface area contributed by atoms with Crippen LogP contribution in [0.2, 0.25) is 5.02 Å². The zero-order valence-corrected chi connectivity index (χ0v) is 15.2. The minimum Gasteiger partial charge on any atom is -0.337 e. The van der Waals surface area contributed by atoms with Crippen LogP contribution in [0.25, 0.3) is 0 Å². The van der Waals surface area contributed by atoms with Gasteiger partial charge in [0.1, 0.15) is 0 Å². The Balaban J connectivity index is 1.64. The molecule has 24 heavy (non-hydrogen) atoms. The number of anilines is 1. The molecule has 4 nitrogen and oxygen atoms in total. The highest BCUT2D eigenvalue weighted by Crippen LogP contribution is 2.25. The third-order valence-electron chi connectivity index (χ3n) is 4.00. The van der Waals surface area contributed by atoms with Crippen LogP contribution in [-0.2, 0) is 16.1 Å². The number of hydrogen-bond acceptors (Lipinski definition) is 2. The molecule has 1 aliphatic rings. The molecule has 0 aromatic heterocycles. The van der Waals surface area contributed by atoms with Crippen molar-refractivity contribution in [1.82, 2.24) is 4.90 Å². The second-order valence-electron chi connectivity index (χ2n) is 5.77. The summed E-state index contributed by atoms with van der Waals surface area (Å²) in [7, 11) is 0. The summed E-state index contributed by atoms with van der Waals surface area (Å²) in [5.74, 6) is -0.508. The topological polar surface area (TPSA) is 49.4 Å².